The lowest BCUT2D eigenvalue weighted by molar-refractivity contribution is 0.0514. The first-order valence-electron chi connectivity index (χ1n) is 5.61. The summed E-state index contributed by atoms with van der Waals surface area (Å²) >= 11 is 1.16. The Balaban J connectivity index is 1.87. The van der Waals surface area contributed by atoms with E-state index in [2.05, 4.69) is 4.98 Å². The largest absolute Gasteiger partial charge is 0.461 e. The molecule has 5 heteroatoms. The molecule has 2 rings (SSSR count). The van der Waals surface area contributed by atoms with Gasteiger partial charge in [0.25, 0.3) is 0 Å². The zero-order valence-corrected chi connectivity index (χ0v) is 10.9. The van der Waals surface area contributed by atoms with Crippen LogP contribution in [-0.4, -0.2) is 17.6 Å². The van der Waals surface area contributed by atoms with Crippen LogP contribution in [0, 0.1) is 6.92 Å². The van der Waals surface area contributed by atoms with E-state index in [0.29, 0.717) is 28.7 Å². The molecular formula is C13H14N2O2S. The van der Waals surface area contributed by atoms with Crippen LogP contribution in [0.5, 0.6) is 0 Å². The van der Waals surface area contributed by atoms with Gasteiger partial charge >= 0.3 is 5.97 Å². The number of hydrogen-bond acceptors (Lipinski definition) is 5. The van der Waals surface area contributed by atoms with Crippen molar-refractivity contribution in [2.24, 2.45) is 0 Å². The summed E-state index contributed by atoms with van der Waals surface area (Å²) in [4.78, 5) is 16.2. The monoisotopic (exact) mass is 262 g/mol. The van der Waals surface area contributed by atoms with E-state index in [9.17, 15) is 4.79 Å². The molecule has 0 unspecified atom stereocenters. The highest BCUT2D eigenvalue weighted by Gasteiger charge is 2.15. The first-order chi connectivity index (χ1) is 8.66. The van der Waals surface area contributed by atoms with Gasteiger partial charge in [-0.25, -0.2) is 9.78 Å². The molecule has 0 radical (unpaired) electrons. The minimum atomic E-state index is -0.349. The van der Waals surface area contributed by atoms with Gasteiger partial charge in [-0.15, -0.1) is 0 Å². The van der Waals surface area contributed by atoms with Gasteiger partial charge in [0.2, 0.25) is 0 Å². The summed E-state index contributed by atoms with van der Waals surface area (Å²) in [5, 5.41) is 0.391. The number of carbonyl (C=O) groups excluding carboxylic acids is 1. The Morgan fingerprint density at radius 3 is 2.72 bits per heavy atom. The van der Waals surface area contributed by atoms with Crippen LogP contribution in [0.15, 0.2) is 30.3 Å². The molecule has 2 aromatic rings. The molecule has 0 spiro atoms. The predicted octanol–water partition coefficient (Wildman–Crippen LogP) is 2.43. The number of benzene rings is 1. The summed E-state index contributed by atoms with van der Waals surface area (Å²) in [5.74, 6) is -0.349. The van der Waals surface area contributed by atoms with E-state index in [1.165, 1.54) is 0 Å². The van der Waals surface area contributed by atoms with Crippen LogP contribution in [0.4, 0.5) is 5.13 Å². The SMILES string of the molecule is Cc1nc(N)sc1C(=O)OCCc1ccccc1. The summed E-state index contributed by atoms with van der Waals surface area (Å²) in [6.07, 6.45) is 0.708. The number of anilines is 1. The highest BCUT2D eigenvalue weighted by molar-refractivity contribution is 7.17. The Bertz CT molecular complexity index is 537. The molecule has 0 saturated carbocycles. The highest BCUT2D eigenvalue weighted by Crippen LogP contribution is 2.20. The summed E-state index contributed by atoms with van der Waals surface area (Å²) in [7, 11) is 0. The Morgan fingerprint density at radius 1 is 1.39 bits per heavy atom. The second-order valence-electron chi connectivity index (χ2n) is 3.84. The zero-order valence-electron chi connectivity index (χ0n) is 10.1. The molecule has 0 aliphatic heterocycles. The van der Waals surface area contributed by atoms with Gasteiger partial charge < -0.3 is 10.5 Å². The molecule has 0 atom stereocenters. The maximum atomic E-state index is 11.8. The lowest BCUT2D eigenvalue weighted by Crippen LogP contribution is -2.07. The molecule has 94 valence electrons. The van der Waals surface area contributed by atoms with E-state index in [-0.39, 0.29) is 5.97 Å². The second-order valence-corrected chi connectivity index (χ2v) is 4.87. The average molecular weight is 262 g/mol. The van der Waals surface area contributed by atoms with Gasteiger partial charge in [0.05, 0.1) is 12.3 Å². The molecule has 0 bridgehead atoms. The molecule has 0 fully saturated rings. The number of carbonyl (C=O) groups is 1. The number of nitrogens with two attached hydrogens (primary N) is 1. The fourth-order valence-corrected chi connectivity index (χ4v) is 2.31. The van der Waals surface area contributed by atoms with Gasteiger partial charge in [-0.05, 0) is 12.5 Å². The number of ether oxygens (including phenoxy) is 1. The van der Waals surface area contributed by atoms with Crippen molar-refractivity contribution < 1.29 is 9.53 Å². The molecule has 0 aliphatic carbocycles. The summed E-state index contributed by atoms with van der Waals surface area (Å²) in [6, 6.07) is 9.89. The van der Waals surface area contributed by atoms with E-state index < -0.39 is 0 Å². The number of rotatable bonds is 4. The lowest BCUT2D eigenvalue weighted by atomic mass is 10.2. The number of nitrogens with zero attached hydrogens (tertiary/aromatic N) is 1. The van der Waals surface area contributed by atoms with E-state index in [0.717, 1.165) is 16.9 Å². The third-order valence-electron chi connectivity index (χ3n) is 2.47. The Labute approximate surface area is 109 Å². The lowest BCUT2D eigenvalue weighted by Gasteiger charge is -2.03. The third-order valence-corrected chi connectivity index (χ3v) is 3.43. The molecule has 0 amide bonds. The quantitative estimate of drug-likeness (QED) is 0.859. The normalized spacial score (nSPS) is 10.3. The smallest absolute Gasteiger partial charge is 0.350 e. The van der Waals surface area contributed by atoms with Gasteiger partial charge in [-0.2, -0.15) is 0 Å². The number of nitrogen functional groups attached to an aromatic ring is 1. The molecule has 2 N–H and O–H groups in total. The van der Waals surface area contributed by atoms with Crippen molar-refractivity contribution in [3.63, 3.8) is 0 Å². The van der Waals surface area contributed by atoms with Crippen molar-refractivity contribution in [2.75, 3.05) is 12.3 Å². The van der Waals surface area contributed by atoms with Crippen LogP contribution < -0.4 is 5.73 Å². The minimum Gasteiger partial charge on any atom is -0.461 e. The maximum Gasteiger partial charge on any atom is 0.350 e. The van der Waals surface area contributed by atoms with Crippen LogP contribution in [0.3, 0.4) is 0 Å². The summed E-state index contributed by atoms with van der Waals surface area (Å²) < 4.78 is 5.20. The van der Waals surface area contributed by atoms with E-state index >= 15 is 0 Å². The van der Waals surface area contributed by atoms with Crippen LogP contribution in [0.25, 0.3) is 0 Å². The molecule has 0 saturated heterocycles. The predicted molar refractivity (Wildman–Crippen MR) is 71.7 cm³/mol. The number of esters is 1. The minimum absolute atomic E-state index is 0.349. The Morgan fingerprint density at radius 2 is 2.11 bits per heavy atom. The molecule has 0 aliphatic rings. The maximum absolute atomic E-state index is 11.8. The number of hydrogen-bond donors (Lipinski definition) is 1. The molecule has 18 heavy (non-hydrogen) atoms. The molecule has 1 aromatic heterocycles. The zero-order chi connectivity index (χ0) is 13.0. The van der Waals surface area contributed by atoms with Gasteiger partial charge in [-0.1, -0.05) is 41.7 Å². The van der Waals surface area contributed by atoms with Crippen molar-refractivity contribution >= 4 is 22.4 Å². The summed E-state index contributed by atoms with van der Waals surface area (Å²) in [6.45, 7) is 2.11. The third kappa shape index (κ3) is 3.07. The molecule has 4 nitrogen and oxygen atoms in total. The van der Waals surface area contributed by atoms with Crippen LogP contribution in [-0.2, 0) is 11.2 Å². The second kappa shape index (κ2) is 5.64. The molecule has 1 heterocycles. The number of aryl methyl sites for hydroxylation is 1. The molecular weight excluding hydrogens is 248 g/mol. The van der Waals surface area contributed by atoms with Crippen LogP contribution in [0.1, 0.15) is 20.9 Å². The summed E-state index contributed by atoms with van der Waals surface area (Å²) in [5.41, 5.74) is 7.31. The van der Waals surface area contributed by atoms with Crippen LogP contribution in [0.2, 0.25) is 0 Å². The van der Waals surface area contributed by atoms with E-state index in [4.69, 9.17) is 10.5 Å². The first-order valence-corrected chi connectivity index (χ1v) is 6.42. The number of aromatic nitrogens is 1. The van der Waals surface area contributed by atoms with E-state index in [1.807, 2.05) is 30.3 Å². The van der Waals surface area contributed by atoms with E-state index in [1.54, 1.807) is 6.92 Å². The van der Waals surface area contributed by atoms with Crippen molar-refractivity contribution in [3.05, 3.63) is 46.5 Å². The van der Waals surface area contributed by atoms with Crippen LogP contribution >= 0.6 is 11.3 Å². The first kappa shape index (κ1) is 12.6. The van der Waals surface area contributed by atoms with Crippen molar-refractivity contribution in [1.82, 2.24) is 4.98 Å². The number of thiazole rings is 1. The van der Waals surface area contributed by atoms with Gasteiger partial charge in [-0.3, -0.25) is 0 Å². The fourth-order valence-electron chi connectivity index (χ4n) is 1.58. The van der Waals surface area contributed by atoms with Gasteiger partial charge in [0, 0.05) is 6.42 Å². The molecule has 1 aromatic carbocycles. The average Bonchev–Trinajstić information content (AvgIpc) is 2.70. The van der Waals surface area contributed by atoms with Gasteiger partial charge in [0.1, 0.15) is 4.88 Å². The topological polar surface area (TPSA) is 65.2 Å². The van der Waals surface area contributed by atoms with Crippen molar-refractivity contribution in [1.29, 1.82) is 0 Å². The Kier molecular flexibility index (Phi) is 3.94. The fraction of sp³-hybridized carbons (Fsp3) is 0.231. The van der Waals surface area contributed by atoms with Crippen molar-refractivity contribution in [2.45, 2.75) is 13.3 Å². The Hall–Kier alpha value is -1.88. The standard InChI is InChI=1S/C13H14N2O2S/c1-9-11(18-13(14)15-9)12(16)17-8-7-10-5-3-2-4-6-10/h2-6H,7-8H2,1H3,(H2,14,15). The highest BCUT2D eigenvalue weighted by atomic mass is 32.1. The van der Waals surface area contributed by atoms with Gasteiger partial charge in [0.15, 0.2) is 5.13 Å². The van der Waals surface area contributed by atoms with Crippen molar-refractivity contribution in [3.8, 4) is 0 Å².